The van der Waals surface area contributed by atoms with Gasteiger partial charge in [0.25, 0.3) is 0 Å². The summed E-state index contributed by atoms with van der Waals surface area (Å²) in [5.74, 6) is 0.548. The third kappa shape index (κ3) is 5.52. The minimum absolute atomic E-state index is 0.225. The number of hydrogen-bond acceptors (Lipinski definition) is 4. The number of aromatic nitrogens is 1. The van der Waals surface area contributed by atoms with Gasteiger partial charge in [0, 0.05) is 27.1 Å². The summed E-state index contributed by atoms with van der Waals surface area (Å²) in [4.78, 5) is 16.7. The molecule has 0 spiro atoms. The molecule has 1 amide bonds. The maximum absolute atomic E-state index is 12.2. The number of nitrogens with one attached hydrogen (secondary N) is 1. The molecule has 0 aliphatic rings. The van der Waals surface area contributed by atoms with Crippen LogP contribution in [0.5, 0.6) is 5.75 Å². The molecule has 3 rings (SSSR count). The van der Waals surface area contributed by atoms with Gasteiger partial charge in [0.1, 0.15) is 5.75 Å². The number of ether oxygens (including phenoxy) is 1. The Labute approximate surface area is 171 Å². The molecule has 0 fully saturated rings. The first kappa shape index (κ1) is 19.3. The number of thiazole rings is 1. The molecular formula is C21H19BrN2O2S. The van der Waals surface area contributed by atoms with E-state index in [-0.39, 0.29) is 5.91 Å². The molecule has 138 valence electrons. The number of hydrogen-bond donors (Lipinski definition) is 1. The number of carbonyl (C=O) groups is 1. The fourth-order valence-corrected chi connectivity index (χ4v) is 3.35. The van der Waals surface area contributed by atoms with Gasteiger partial charge in [-0.1, -0.05) is 53.2 Å². The molecule has 0 unspecified atom stereocenters. The van der Waals surface area contributed by atoms with Gasteiger partial charge in [0.15, 0.2) is 5.13 Å². The van der Waals surface area contributed by atoms with Crippen molar-refractivity contribution in [2.24, 2.45) is 0 Å². The van der Waals surface area contributed by atoms with Gasteiger partial charge in [-0.3, -0.25) is 10.1 Å². The third-order valence-electron chi connectivity index (χ3n) is 3.67. The second-order valence-electron chi connectivity index (χ2n) is 5.75. The summed E-state index contributed by atoms with van der Waals surface area (Å²) in [5.41, 5.74) is 2.72. The molecule has 0 aliphatic heterocycles. The molecule has 0 atom stereocenters. The monoisotopic (exact) mass is 442 g/mol. The van der Waals surface area contributed by atoms with E-state index in [1.807, 2.05) is 53.9 Å². The van der Waals surface area contributed by atoms with Crippen molar-refractivity contribution in [1.29, 1.82) is 0 Å². The van der Waals surface area contributed by atoms with Crippen LogP contribution in [0.4, 0.5) is 5.13 Å². The second kappa shape index (κ2) is 9.48. The van der Waals surface area contributed by atoms with Gasteiger partial charge in [-0.25, -0.2) is 4.98 Å². The molecule has 0 bridgehead atoms. The first-order valence-corrected chi connectivity index (χ1v) is 10.3. The van der Waals surface area contributed by atoms with Crippen molar-refractivity contribution < 1.29 is 9.53 Å². The summed E-state index contributed by atoms with van der Waals surface area (Å²) in [5, 5.41) is 5.30. The Hall–Kier alpha value is -2.44. The van der Waals surface area contributed by atoms with Crippen LogP contribution in [0.25, 0.3) is 17.3 Å². The molecule has 3 aromatic rings. The first-order chi connectivity index (χ1) is 13.2. The van der Waals surface area contributed by atoms with Crippen LogP contribution in [0, 0.1) is 0 Å². The van der Waals surface area contributed by atoms with E-state index < -0.39 is 0 Å². The minimum Gasteiger partial charge on any atom is -0.493 e. The van der Waals surface area contributed by atoms with Gasteiger partial charge in [-0.15, -0.1) is 11.3 Å². The fraction of sp³-hybridized carbons (Fsp3) is 0.143. The number of carbonyl (C=O) groups excluding carboxylic acids is 1. The van der Waals surface area contributed by atoms with E-state index in [1.54, 1.807) is 6.08 Å². The van der Waals surface area contributed by atoms with Crippen LogP contribution in [-0.2, 0) is 4.79 Å². The lowest BCUT2D eigenvalue weighted by atomic mass is 10.2. The lowest BCUT2D eigenvalue weighted by molar-refractivity contribution is -0.111. The van der Waals surface area contributed by atoms with E-state index in [0.29, 0.717) is 11.7 Å². The predicted molar refractivity (Wildman–Crippen MR) is 115 cm³/mol. The van der Waals surface area contributed by atoms with Crippen molar-refractivity contribution in [2.75, 3.05) is 11.9 Å². The van der Waals surface area contributed by atoms with Gasteiger partial charge >= 0.3 is 0 Å². The van der Waals surface area contributed by atoms with Crippen molar-refractivity contribution in [3.8, 4) is 17.0 Å². The van der Waals surface area contributed by atoms with Gasteiger partial charge < -0.3 is 4.74 Å². The summed E-state index contributed by atoms with van der Waals surface area (Å²) < 4.78 is 6.72. The standard InChI is InChI=1S/C21H19BrN2O2S/c1-2-13-26-19-6-4-3-5-16(19)9-12-20(25)24-21-23-18(14-27-21)15-7-10-17(22)11-8-15/h3-12,14H,2,13H2,1H3,(H,23,24,25)/b12-9+. The number of halogens is 1. The molecule has 0 saturated heterocycles. The molecule has 27 heavy (non-hydrogen) atoms. The largest absolute Gasteiger partial charge is 0.493 e. The van der Waals surface area contributed by atoms with Gasteiger partial charge in [0.2, 0.25) is 5.91 Å². The maximum atomic E-state index is 12.2. The van der Waals surface area contributed by atoms with Crippen LogP contribution in [0.3, 0.4) is 0 Å². The molecule has 1 aromatic heterocycles. The van der Waals surface area contributed by atoms with Crippen LogP contribution in [0.1, 0.15) is 18.9 Å². The van der Waals surface area contributed by atoms with Crippen LogP contribution < -0.4 is 10.1 Å². The first-order valence-electron chi connectivity index (χ1n) is 8.58. The average molecular weight is 443 g/mol. The molecule has 0 saturated carbocycles. The molecule has 1 heterocycles. The number of benzene rings is 2. The Balaban J connectivity index is 1.65. The SMILES string of the molecule is CCCOc1ccccc1/C=C/C(=O)Nc1nc(-c2ccc(Br)cc2)cs1. The predicted octanol–water partition coefficient (Wildman–Crippen LogP) is 6.01. The number of nitrogens with zero attached hydrogens (tertiary/aromatic N) is 1. The Morgan fingerprint density at radius 2 is 2.00 bits per heavy atom. The second-order valence-corrected chi connectivity index (χ2v) is 7.53. The molecule has 0 radical (unpaired) electrons. The summed E-state index contributed by atoms with van der Waals surface area (Å²) in [6.45, 7) is 2.71. The van der Waals surface area contributed by atoms with Gasteiger partial charge in [-0.2, -0.15) is 0 Å². The highest BCUT2D eigenvalue weighted by Gasteiger charge is 2.07. The Kier molecular flexibility index (Phi) is 6.79. The summed E-state index contributed by atoms with van der Waals surface area (Å²) >= 11 is 4.82. The van der Waals surface area contributed by atoms with E-state index in [4.69, 9.17) is 4.74 Å². The zero-order valence-electron chi connectivity index (χ0n) is 14.8. The molecule has 1 N–H and O–H groups in total. The number of para-hydroxylation sites is 1. The van der Waals surface area contributed by atoms with E-state index >= 15 is 0 Å². The lowest BCUT2D eigenvalue weighted by Crippen LogP contribution is -2.07. The van der Waals surface area contributed by atoms with Crippen LogP contribution in [0.15, 0.2) is 64.5 Å². The van der Waals surface area contributed by atoms with Crippen molar-refractivity contribution in [2.45, 2.75) is 13.3 Å². The van der Waals surface area contributed by atoms with Crippen molar-refractivity contribution in [3.63, 3.8) is 0 Å². The summed E-state index contributed by atoms with van der Waals surface area (Å²) in [6.07, 6.45) is 4.18. The van der Waals surface area contributed by atoms with Gasteiger partial charge in [0.05, 0.1) is 12.3 Å². The van der Waals surface area contributed by atoms with Crippen LogP contribution in [0.2, 0.25) is 0 Å². The number of anilines is 1. The Morgan fingerprint density at radius 3 is 2.78 bits per heavy atom. The lowest BCUT2D eigenvalue weighted by Gasteiger charge is -2.07. The third-order valence-corrected chi connectivity index (χ3v) is 4.96. The minimum atomic E-state index is -0.225. The van der Waals surface area contributed by atoms with Crippen LogP contribution in [-0.4, -0.2) is 17.5 Å². The normalized spacial score (nSPS) is 10.9. The quantitative estimate of drug-likeness (QED) is 0.455. The number of amides is 1. The summed E-state index contributed by atoms with van der Waals surface area (Å²) in [6, 6.07) is 15.6. The average Bonchev–Trinajstić information content (AvgIpc) is 3.14. The molecule has 0 aliphatic carbocycles. The molecular weight excluding hydrogens is 424 g/mol. The zero-order valence-corrected chi connectivity index (χ0v) is 17.2. The van der Waals surface area contributed by atoms with E-state index in [9.17, 15) is 4.79 Å². The van der Waals surface area contributed by atoms with Crippen molar-refractivity contribution in [3.05, 3.63) is 70.0 Å². The summed E-state index contributed by atoms with van der Waals surface area (Å²) in [7, 11) is 0. The zero-order chi connectivity index (χ0) is 19.1. The van der Waals surface area contributed by atoms with Crippen molar-refractivity contribution >= 4 is 44.4 Å². The highest BCUT2D eigenvalue weighted by Crippen LogP contribution is 2.26. The molecule has 2 aromatic carbocycles. The maximum Gasteiger partial charge on any atom is 0.250 e. The number of rotatable bonds is 7. The smallest absolute Gasteiger partial charge is 0.250 e. The highest BCUT2D eigenvalue weighted by atomic mass is 79.9. The van der Waals surface area contributed by atoms with Crippen LogP contribution >= 0.6 is 27.3 Å². The van der Waals surface area contributed by atoms with Gasteiger partial charge in [-0.05, 0) is 30.7 Å². The highest BCUT2D eigenvalue weighted by molar-refractivity contribution is 9.10. The fourth-order valence-electron chi connectivity index (χ4n) is 2.36. The topological polar surface area (TPSA) is 51.2 Å². The van der Waals surface area contributed by atoms with E-state index in [2.05, 4.69) is 33.2 Å². The molecule has 6 heteroatoms. The Bertz CT molecular complexity index is 935. The van der Waals surface area contributed by atoms with E-state index in [0.717, 1.165) is 33.5 Å². The van der Waals surface area contributed by atoms with Crippen molar-refractivity contribution in [1.82, 2.24) is 4.98 Å². The Morgan fingerprint density at radius 1 is 1.22 bits per heavy atom. The molecule has 4 nitrogen and oxygen atoms in total. The van der Waals surface area contributed by atoms with E-state index in [1.165, 1.54) is 17.4 Å².